The van der Waals surface area contributed by atoms with Crippen LogP contribution in [-0.2, 0) is 10.0 Å². The van der Waals surface area contributed by atoms with Gasteiger partial charge in [0, 0.05) is 10.2 Å². The molecule has 6 heteroatoms. The smallest absolute Gasteiger partial charge is 0.238 e. The van der Waals surface area contributed by atoms with Gasteiger partial charge in [-0.05, 0) is 40.5 Å². The normalized spacial score (nSPS) is 11.6. The van der Waals surface area contributed by atoms with Gasteiger partial charge < -0.3 is 5.73 Å². The molecular formula is C7H9BrN2O2S. The minimum Gasteiger partial charge on any atom is -0.398 e. The number of primary sulfonamides is 1. The number of sulfonamides is 1. The fourth-order valence-electron chi connectivity index (χ4n) is 0.888. The van der Waals surface area contributed by atoms with Crippen LogP contribution in [0.5, 0.6) is 0 Å². The maximum absolute atomic E-state index is 11.0. The van der Waals surface area contributed by atoms with Crippen LogP contribution in [0.3, 0.4) is 0 Å². The number of rotatable bonds is 1. The number of anilines is 1. The van der Waals surface area contributed by atoms with E-state index in [1.165, 1.54) is 12.1 Å². The molecule has 0 spiro atoms. The summed E-state index contributed by atoms with van der Waals surface area (Å²) in [5.41, 5.74) is 6.81. The van der Waals surface area contributed by atoms with E-state index in [1.54, 1.807) is 6.92 Å². The van der Waals surface area contributed by atoms with Crippen molar-refractivity contribution in [2.45, 2.75) is 11.8 Å². The van der Waals surface area contributed by atoms with Crippen molar-refractivity contribution in [3.05, 3.63) is 22.2 Å². The number of nitrogen functional groups attached to an aromatic ring is 1. The van der Waals surface area contributed by atoms with Crippen molar-refractivity contribution in [2.24, 2.45) is 5.14 Å². The monoisotopic (exact) mass is 264 g/mol. The minimum atomic E-state index is -3.65. The molecule has 4 N–H and O–H groups in total. The first-order valence-corrected chi connectivity index (χ1v) is 5.74. The molecule has 0 heterocycles. The summed E-state index contributed by atoms with van der Waals surface area (Å²) < 4.78 is 22.5. The van der Waals surface area contributed by atoms with Crippen molar-refractivity contribution in [1.82, 2.24) is 0 Å². The van der Waals surface area contributed by atoms with Gasteiger partial charge >= 0.3 is 0 Å². The lowest BCUT2D eigenvalue weighted by molar-refractivity contribution is 0.597. The molecule has 4 nitrogen and oxygen atoms in total. The highest BCUT2D eigenvalue weighted by atomic mass is 79.9. The lowest BCUT2D eigenvalue weighted by atomic mass is 10.2. The van der Waals surface area contributed by atoms with Crippen LogP contribution in [0.25, 0.3) is 0 Å². The van der Waals surface area contributed by atoms with Gasteiger partial charge in [0.15, 0.2) is 0 Å². The molecule has 0 amide bonds. The fourth-order valence-corrected chi connectivity index (χ4v) is 2.22. The number of nitrogens with two attached hydrogens (primary N) is 2. The van der Waals surface area contributed by atoms with Gasteiger partial charge in [0.25, 0.3) is 0 Å². The largest absolute Gasteiger partial charge is 0.398 e. The maximum Gasteiger partial charge on any atom is 0.238 e. The maximum atomic E-state index is 11.0. The summed E-state index contributed by atoms with van der Waals surface area (Å²) in [7, 11) is -3.65. The van der Waals surface area contributed by atoms with E-state index in [1.807, 2.05) is 0 Å². The highest BCUT2D eigenvalue weighted by Gasteiger charge is 2.11. The first-order chi connectivity index (χ1) is 5.82. The standard InChI is InChI=1S/C7H9BrN2O2S/c1-4-2-5(13(10,11)12)3-6(8)7(4)9/h2-3H,9H2,1H3,(H2,10,11,12). The highest BCUT2D eigenvalue weighted by molar-refractivity contribution is 9.10. The van der Waals surface area contributed by atoms with Gasteiger partial charge in [-0.2, -0.15) is 0 Å². The Morgan fingerprint density at radius 2 is 1.92 bits per heavy atom. The summed E-state index contributed by atoms with van der Waals surface area (Å²) in [5, 5.41) is 4.96. The van der Waals surface area contributed by atoms with E-state index in [4.69, 9.17) is 10.9 Å². The van der Waals surface area contributed by atoms with Crippen molar-refractivity contribution >= 4 is 31.6 Å². The molecule has 0 atom stereocenters. The fraction of sp³-hybridized carbons (Fsp3) is 0.143. The molecule has 0 fully saturated rings. The van der Waals surface area contributed by atoms with Crippen LogP contribution in [0.2, 0.25) is 0 Å². The Hall–Kier alpha value is -0.590. The van der Waals surface area contributed by atoms with Crippen molar-refractivity contribution in [3.63, 3.8) is 0 Å². The van der Waals surface area contributed by atoms with Crippen molar-refractivity contribution < 1.29 is 8.42 Å². The van der Waals surface area contributed by atoms with E-state index in [-0.39, 0.29) is 4.90 Å². The van der Waals surface area contributed by atoms with Gasteiger partial charge in [0.1, 0.15) is 0 Å². The molecule has 72 valence electrons. The molecular weight excluding hydrogens is 256 g/mol. The molecule has 0 unspecified atom stereocenters. The van der Waals surface area contributed by atoms with E-state index < -0.39 is 10.0 Å². The van der Waals surface area contributed by atoms with Crippen LogP contribution in [0.15, 0.2) is 21.5 Å². The number of benzene rings is 1. The molecule has 0 radical (unpaired) electrons. The molecule has 0 aliphatic heterocycles. The number of aryl methyl sites for hydroxylation is 1. The van der Waals surface area contributed by atoms with Gasteiger partial charge in [0.05, 0.1) is 4.90 Å². The predicted octanol–water partition coefficient (Wildman–Crippen LogP) is 0.987. The second kappa shape index (κ2) is 3.28. The Kier molecular flexibility index (Phi) is 2.65. The molecule has 0 aliphatic carbocycles. The Balaban J connectivity index is 3.47. The van der Waals surface area contributed by atoms with E-state index in [0.717, 1.165) is 0 Å². The molecule has 0 bridgehead atoms. The summed E-state index contributed by atoms with van der Waals surface area (Å²) in [5.74, 6) is 0. The Morgan fingerprint density at radius 3 is 2.31 bits per heavy atom. The molecule has 1 aromatic carbocycles. The van der Waals surface area contributed by atoms with E-state index >= 15 is 0 Å². The zero-order valence-electron chi connectivity index (χ0n) is 6.91. The minimum absolute atomic E-state index is 0.0612. The average molecular weight is 265 g/mol. The summed E-state index contributed by atoms with van der Waals surface area (Å²) in [6, 6.07) is 2.83. The Bertz CT molecular complexity index is 419. The lowest BCUT2D eigenvalue weighted by Crippen LogP contribution is -2.12. The third-order valence-corrected chi connectivity index (χ3v) is 3.19. The van der Waals surface area contributed by atoms with Crippen LogP contribution in [0.1, 0.15) is 5.56 Å². The molecule has 1 rings (SSSR count). The van der Waals surface area contributed by atoms with Crippen LogP contribution >= 0.6 is 15.9 Å². The first kappa shape index (κ1) is 10.5. The number of hydrogen-bond acceptors (Lipinski definition) is 3. The van der Waals surface area contributed by atoms with Crippen LogP contribution in [0, 0.1) is 6.92 Å². The van der Waals surface area contributed by atoms with Gasteiger partial charge in [-0.15, -0.1) is 0 Å². The molecule has 0 aromatic heterocycles. The highest BCUT2D eigenvalue weighted by Crippen LogP contribution is 2.26. The number of hydrogen-bond donors (Lipinski definition) is 2. The lowest BCUT2D eigenvalue weighted by Gasteiger charge is -2.05. The summed E-state index contributed by atoms with van der Waals surface area (Å²) in [6.45, 7) is 1.72. The summed E-state index contributed by atoms with van der Waals surface area (Å²) in [4.78, 5) is 0.0612. The van der Waals surface area contributed by atoms with E-state index in [2.05, 4.69) is 15.9 Å². The van der Waals surface area contributed by atoms with Gasteiger partial charge in [0.2, 0.25) is 10.0 Å². The Morgan fingerprint density at radius 1 is 1.38 bits per heavy atom. The molecule has 13 heavy (non-hydrogen) atoms. The summed E-state index contributed by atoms with van der Waals surface area (Å²) in [6.07, 6.45) is 0. The van der Waals surface area contributed by atoms with Crippen LogP contribution in [-0.4, -0.2) is 8.42 Å². The molecule has 1 aromatic rings. The van der Waals surface area contributed by atoms with Crippen LogP contribution < -0.4 is 10.9 Å². The topological polar surface area (TPSA) is 86.2 Å². The summed E-state index contributed by atoms with van der Waals surface area (Å²) >= 11 is 3.14. The zero-order chi connectivity index (χ0) is 10.2. The van der Waals surface area contributed by atoms with Crippen LogP contribution in [0.4, 0.5) is 5.69 Å². The Labute approximate surface area is 85.1 Å². The van der Waals surface area contributed by atoms with Crippen molar-refractivity contribution in [1.29, 1.82) is 0 Å². The van der Waals surface area contributed by atoms with E-state index in [0.29, 0.717) is 15.7 Å². The van der Waals surface area contributed by atoms with Gasteiger partial charge in [-0.1, -0.05) is 0 Å². The van der Waals surface area contributed by atoms with Gasteiger partial charge in [-0.3, -0.25) is 0 Å². The molecule has 0 saturated heterocycles. The second-order valence-electron chi connectivity index (χ2n) is 2.68. The third-order valence-electron chi connectivity index (χ3n) is 1.64. The third kappa shape index (κ3) is 2.20. The first-order valence-electron chi connectivity index (χ1n) is 3.41. The van der Waals surface area contributed by atoms with Gasteiger partial charge in [-0.25, -0.2) is 13.6 Å². The predicted molar refractivity (Wildman–Crippen MR) is 54.7 cm³/mol. The second-order valence-corrected chi connectivity index (χ2v) is 5.10. The SMILES string of the molecule is Cc1cc(S(N)(=O)=O)cc(Br)c1N. The molecule has 0 saturated carbocycles. The quantitative estimate of drug-likeness (QED) is 0.742. The van der Waals surface area contributed by atoms with E-state index in [9.17, 15) is 8.42 Å². The average Bonchev–Trinajstić information content (AvgIpc) is 1.97. The van der Waals surface area contributed by atoms with Crippen molar-refractivity contribution in [2.75, 3.05) is 5.73 Å². The number of halogens is 1. The van der Waals surface area contributed by atoms with Crippen molar-refractivity contribution in [3.8, 4) is 0 Å². The zero-order valence-corrected chi connectivity index (χ0v) is 9.31. The molecule has 0 aliphatic rings.